The van der Waals surface area contributed by atoms with Crippen LogP contribution in [0.3, 0.4) is 0 Å². The van der Waals surface area contributed by atoms with Gasteiger partial charge >= 0.3 is 0 Å². The SMILES string of the molecule is Cc1ccc(-n2cc(COc3cccc4c3C(=O)N([C@@]3(C)CCC(=O)NC3=O)C4=O)nn2)cc1. The molecule has 1 fully saturated rings. The molecule has 0 bridgehead atoms. The highest BCUT2D eigenvalue weighted by Crippen LogP contribution is 2.38. The van der Waals surface area contributed by atoms with Crippen LogP contribution in [0.1, 0.15) is 51.7 Å². The number of carbonyl (C=O) groups is 4. The topological polar surface area (TPSA) is 123 Å². The van der Waals surface area contributed by atoms with Gasteiger partial charge in [0.2, 0.25) is 5.91 Å². The first-order chi connectivity index (χ1) is 16.3. The third kappa shape index (κ3) is 3.43. The van der Waals surface area contributed by atoms with Crippen LogP contribution in [0.2, 0.25) is 0 Å². The largest absolute Gasteiger partial charge is 0.486 e. The smallest absolute Gasteiger partial charge is 0.266 e. The Bertz CT molecular complexity index is 1350. The van der Waals surface area contributed by atoms with Crippen molar-refractivity contribution in [2.24, 2.45) is 0 Å². The molecular formula is C24H21N5O5. The summed E-state index contributed by atoms with van der Waals surface area (Å²) in [7, 11) is 0. The number of aromatic nitrogens is 3. The van der Waals surface area contributed by atoms with E-state index in [0.29, 0.717) is 5.69 Å². The molecule has 1 aromatic heterocycles. The van der Waals surface area contributed by atoms with Crippen LogP contribution in [-0.4, -0.2) is 49.1 Å². The highest BCUT2D eigenvalue weighted by atomic mass is 16.5. The van der Waals surface area contributed by atoms with Crippen molar-refractivity contribution in [1.82, 2.24) is 25.2 Å². The van der Waals surface area contributed by atoms with Gasteiger partial charge in [-0.2, -0.15) is 0 Å². The summed E-state index contributed by atoms with van der Waals surface area (Å²) in [6.07, 6.45) is 1.81. The molecule has 0 aliphatic carbocycles. The molecule has 1 N–H and O–H groups in total. The molecule has 34 heavy (non-hydrogen) atoms. The summed E-state index contributed by atoms with van der Waals surface area (Å²) in [5.74, 6) is -2.12. The maximum absolute atomic E-state index is 13.3. The predicted molar refractivity (Wildman–Crippen MR) is 118 cm³/mol. The summed E-state index contributed by atoms with van der Waals surface area (Å²) in [5.41, 5.74) is 1.28. The van der Waals surface area contributed by atoms with Gasteiger partial charge in [-0.3, -0.25) is 29.4 Å². The molecule has 0 spiro atoms. The number of aryl methyl sites for hydroxylation is 1. The van der Waals surface area contributed by atoms with E-state index in [1.165, 1.54) is 13.0 Å². The number of fused-ring (bicyclic) bond motifs is 1. The molecule has 10 heteroatoms. The summed E-state index contributed by atoms with van der Waals surface area (Å²) in [5, 5.41) is 10.4. The summed E-state index contributed by atoms with van der Waals surface area (Å²) in [4.78, 5) is 51.5. The van der Waals surface area contributed by atoms with Crippen LogP contribution >= 0.6 is 0 Å². The summed E-state index contributed by atoms with van der Waals surface area (Å²) >= 11 is 0. The number of nitrogens with zero attached hydrogens (tertiary/aromatic N) is 4. The summed E-state index contributed by atoms with van der Waals surface area (Å²) in [6.45, 7) is 3.51. The molecule has 10 nitrogen and oxygen atoms in total. The minimum absolute atomic E-state index is 0.0239. The number of hydrogen-bond acceptors (Lipinski definition) is 7. The van der Waals surface area contributed by atoms with Crippen molar-refractivity contribution in [3.63, 3.8) is 0 Å². The van der Waals surface area contributed by atoms with Crippen molar-refractivity contribution in [1.29, 1.82) is 0 Å². The standard InChI is InChI=1S/C24H21N5O5/c1-14-6-8-16(9-7-14)28-12-15(26-27-28)13-34-18-5-3-4-17-20(18)22(32)29(21(17)31)24(2)11-10-19(30)25-23(24)33/h3-9,12H,10-11,13H2,1-2H3,(H,25,30,33)/t24-/m0/s1. The van der Waals surface area contributed by atoms with Crippen molar-refractivity contribution < 1.29 is 23.9 Å². The molecule has 4 amide bonds. The van der Waals surface area contributed by atoms with E-state index in [0.717, 1.165) is 16.2 Å². The number of carbonyl (C=O) groups excluding carboxylic acids is 4. The molecule has 3 aromatic rings. The second-order valence-electron chi connectivity index (χ2n) is 8.55. The normalized spacial score (nSPS) is 19.9. The van der Waals surface area contributed by atoms with Gasteiger partial charge in [0.25, 0.3) is 17.7 Å². The molecule has 172 valence electrons. The Balaban J connectivity index is 1.38. The fourth-order valence-electron chi connectivity index (χ4n) is 4.17. The second-order valence-corrected chi connectivity index (χ2v) is 8.55. The highest BCUT2D eigenvalue weighted by Gasteiger charge is 2.53. The molecule has 1 saturated heterocycles. The van der Waals surface area contributed by atoms with Crippen molar-refractivity contribution in [3.8, 4) is 11.4 Å². The van der Waals surface area contributed by atoms with Crippen molar-refractivity contribution >= 4 is 23.6 Å². The number of amides is 4. The first kappa shape index (κ1) is 21.5. The minimum atomic E-state index is -1.46. The lowest BCUT2D eigenvalue weighted by Crippen LogP contribution is -2.62. The summed E-state index contributed by atoms with van der Waals surface area (Å²) in [6, 6.07) is 12.5. The zero-order chi connectivity index (χ0) is 24.0. The zero-order valence-corrected chi connectivity index (χ0v) is 18.6. The van der Waals surface area contributed by atoms with Gasteiger partial charge in [0.05, 0.1) is 23.0 Å². The van der Waals surface area contributed by atoms with Crippen molar-refractivity contribution in [2.45, 2.75) is 38.8 Å². The predicted octanol–water partition coefficient (Wildman–Crippen LogP) is 1.95. The van der Waals surface area contributed by atoms with Gasteiger partial charge in [-0.15, -0.1) is 5.10 Å². The Hall–Kier alpha value is -4.34. The Morgan fingerprint density at radius 2 is 1.82 bits per heavy atom. The lowest BCUT2D eigenvalue weighted by atomic mass is 9.89. The molecule has 2 aliphatic rings. The maximum Gasteiger partial charge on any atom is 0.266 e. The molecule has 2 aliphatic heterocycles. The third-order valence-electron chi connectivity index (χ3n) is 6.17. The minimum Gasteiger partial charge on any atom is -0.486 e. The van der Waals surface area contributed by atoms with E-state index in [2.05, 4.69) is 15.6 Å². The number of nitrogens with one attached hydrogen (secondary N) is 1. The first-order valence-corrected chi connectivity index (χ1v) is 10.8. The number of hydrogen-bond donors (Lipinski definition) is 1. The molecule has 0 radical (unpaired) electrons. The van der Waals surface area contributed by atoms with Crippen LogP contribution in [0.25, 0.3) is 5.69 Å². The Morgan fingerprint density at radius 1 is 1.06 bits per heavy atom. The molecular weight excluding hydrogens is 438 g/mol. The van der Waals surface area contributed by atoms with Crippen LogP contribution in [0.15, 0.2) is 48.7 Å². The quantitative estimate of drug-likeness (QED) is 0.579. The Kier molecular flexibility index (Phi) is 5.00. The molecule has 0 saturated carbocycles. The average Bonchev–Trinajstić information content (AvgIpc) is 3.39. The van der Waals surface area contributed by atoms with Crippen molar-refractivity contribution in [3.05, 3.63) is 71.0 Å². The van der Waals surface area contributed by atoms with Crippen LogP contribution in [0.4, 0.5) is 0 Å². The Morgan fingerprint density at radius 3 is 2.56 bits per heavy atom. The van der Waals surface area contributed by atoms with Gasteiger partial charge < -0.3 is 4.74 Å². The summed E-state index contributed by atoms with van der Waals surface area (Å²) < 4.78 is 7.48. The number of rotatable bonds is 5. The average molecular weight is 459 g/mol. The van der Waals surface area contributed by atoms with Crippen molar-refractivity contribution in [2.75, 3.05) is 0 Å². The van der Waals surface area contributed by atoms with E-state index < -0.39 is 29.2 Å². The first-order valence-electron chi connectivity index (χ1n) is 10.8. The van der Waals surface area contributed by atoms with Gasteiger partial charge in [0, 0.05) is 6.42 Å². The van der Waals surface area contributed by atoms with Gasteiger partial charge in [-0.1, -0.05) is 29.0 Å². The van der Waals surface area contributed by atoms with Gasteiger partial charge in [0.1, 0.15) is 23.6 Å². The number of piperidine rings is 1. The molecule has 5 rings (SSSR count). The fraction of sp³-hybridized carbons (Fsp3) is 0.250. The Labute approximate surface area is 194 Å². The zero-order valence-electron chi connectivity index (χ0n) is 18.6. The third-order valence-corrected chi connectivity index (χ3v) is 6.17. The molecule has 2 aromatic carbocycles. The number of imide groups is 2. The van der Waals surface area contributed by atoms with E-state index in [1.54, 1.807) is 23.0 Å². The van der Waals surface area contributed by atoms with Crippen LogP contribution in [0.5, 0.6) is 5.75 Å². The van der Waals surface area contributed by atoms with Crippen LogP contribution in [0, 0.1) is 6.92 Å². The van der Waals surface area contributed by atoms with E-state index >= 15 is 0 Å². The van der Waals surface area contributed by atoms with Crippen LogP contribution in [-0.2, 0) is 16.2 Å². The fourth-order valence-corrected chi connectivity index (χ4v) is 4.17. The van der Waals surface area contributed by atoms with Gasteiger partial charge in [0.15, 0.2) is 0 Å². The molecule has 0 unspecified atom stereocenters. The lowest BCUT2D eigenvalue weighted by Gasteiger charge is -2.38. The van der Waals surface area contributed by atoms with Gasteiger partial charge in [-0.25, -0.2) is 4.68 Å². The van der Waals surface area contributed by atoms with E-state index in [4.69, 9.17) is 4.74 Å². The molecule has 3 heterocycles. The monoisotopic (exact) mass is 459 g/mol. The lowest BCUT2D eigenvalue weighted by molar-refractivity contribution is -0.140. The molecule has 1 atom stereocenters. The van der Waals surface area contributed by atoms with E-state index in [-0.39, 0.29) is 36.3 Å². The highest BCUT2D eigenvalue weighted by molar-refractivity contribution is 6.25. The number of benzene rings is 2. The van der Waals surface area contributed by atoms with Gasteiger partial charge in [-0.05, 0) is 44.5 Å². The number of ether oxygens (including phenoxy) is 1. The van der Waals surface area contributed by atoms with E-state index in [9.17, 15) is 19.2 Å². The van der Waals surface area contributed by atoms with E-state index in [1.807, 2.05) is 31.2 Å². The second kappa shape index (κ2) is 7.91. The van der Waals surface area contributed by atoms with Crippen LogP contribution < -0.4 is 10.1 Å². The maximum atomic E-state index is 13.3.